The van der Waals surface area contributed by atoms with Gasteiger partial charge in [-0.1, -0.05) is 0 Å². The van der Waals surface area contributed by atoms with E-state index in [1.165, 1.54) is 11.3 Å². The molecular formula is C16H20N2O4S. The van der Waals surface area contributed by atoms with Crippen molar-refractivity contribution >= 4 is 17.2 Å². The van der Waals surface area contributed by atoms with Crippen LogP contribution in [0.5, 0.6) is 11.5 Å². The molecule has 1 N–H and O–H groups in total. The van der Waals surface area contributed by atoms with Gasteiger partial charge in [0.05, 0.1) is 32.4 Å². The second-order valence-electron chi connectivity index (χ2n) is 4.72. The summed E-state index contributed by atoms with van der Waals surface area (Å²) in [5, 5.41) is 5.56. The molecule has 124 valence electrons. The van der Waals surface area contributed by atoms with Crippen molar-refractivity contribution in [3.63, 3.8) is 0 Å². The summed E-state index contributed by atoms with van der Waals surface area (Å²) in [4.78, 5) is 16.1. The molecule has 1 amide bonds. The molecule has 6 nitrogen and oxygen atoms in total. The normalized spacial score (nSPS) is 10.3. The summed E-state index contributed by atoms with van der Waals surface area (Å²) >= 11 is 1.49. The molecule has 2 rings (SSSR count). The van der Waals surface area contributed by atoms with Gasteiger partial charge in [-0.05, 0) is 24.3 Å². The monoisotopic (exact) mass is 336 g/mol. The molecule has 0 saturated heterocycles. The quantitative estimate of drug-likeness (QED) is 0.710. The Bertz CT molecular complexity index is 613. The average Bonchev–Trinajstić information content (AvgIpc) is 2.99. The Morgan fingerprint density at radius 2 is 1.96 bits per heavy atom. The van der Waals surface area contributed by atoms with E-state index in [1.807, 2.05) is 29.6 Å². The Morgan fingerprint density at radius 3 is 2.65 bits per heavy atom. The lowest BCUT2D eigenvalue weighted by molar-refractivity contribution is -0.120. The summed E-state index contributed by atoms with van der Waals surface area (Å²) < 4.78 is 15.6. The fourth-order valence-corrected chi connectivity index (χ4v) is 2.64. The summed E-state index contributed by atoms with van der Waals surface area (Å²) in [7, 11) is 3.24. The molecule has 2 aromatic rings. The maximum absolute atomic E-state index is 11.8. The zero-order valence-corrected chi connectivity index (χ0v) is 14.0. The number of hydrogen-bond donors (Lipinski definition) is 1. The van der Waals surface area contributed by atoms with Gasteiger partial charge in [-0.25, -0.2) is 4.98 Å². The van der Waals surface area contributed by atoms with Crippen molar-refractivity contribution in [2.75, 3.05) is 27.4 Å². The first-order valence-electron chi connectivity index (χ1n) is 7.17. The van der Waals surface area contributed by atoms with Gasteiger partial charge in [0.2, 0.25) is 5.91 Å². The predicted molar refractivity (Wildman–Crippen MR) is 88.0 cm³/mol. The van der Waals surface area contributed by atoms with Crippen molar-refractivity contribution in [1.29, 1.82) is 0 Å². The number of benzene rings is 1. The number of carbonyl (C=O) groups is 1. The molecule has 23 heavy (non-hydrogen) atoms. The molecule has 0 aliphatic carbocycles. The number of aromatic nitrogens is 1. The van der Waals surface area contributed by atoms with Crippen LogP contribution in [-0.2, 0) is 22.6 Å². The molecule has 0 saturated carbocycles. The standard InChI is InChI=1S/C16H20N2O4S/c1-20-10-16-18-12(11-23-16)9-15(19)17-7-8-22-14-5-3-13(21-2)4-6-14/h3-6,11H,7-10H2,1-2H3,(H,17,19). The van der Waals surface area contributed by atoms with Crippen LogP contribution in [-0.4, -0.2) is 38.3 Å². The molecule has 1 aromatic heterocycles. The molecule has 0 spiro atoms. The topological polar surface area (TPSA) is 69.7 Å². The van der Waals surface area contributed by atoms with Crippen LogP contribution in [0, 0.1) is 0 Å². The van der Waals surface area contributed by atoms with Gasteiger partial charge in [0, 0.05) is 12.5 Å². The minimum atomic E-state index is -0.0717. The third-order valence-electron chi connectivity index (χ3n) is 2.96. The van der Waals surface area contributed by atoms with Gasteiger partial charge in [0.25, 0.3) is 0 Å². The lowest BCUT2D eigenvalue weighted by Crippen LogP contribution is -2.29. The fourth-order valence-electron chi connectivity index (χ4n) is 1.88. The number of rotatable bonds is 9. The van der Waals surface area contributed by atoms with Crippen molar-refractivity contribution < 1.29 is 19.0 Å². The number of thiazole rings is 1. The zero-order chi connectivity index (χ0) is 16.5. The predicted octanol–water partition coefficient (Wildman–Crippen LogP) is 2.04. The van der Waals surface area contributed by atoms with E-state index in [0.29, 0.717) is 19.8 Å². The van der Waals surface area contributed by atoms with Crippen molar-refractivity contribution in [1.82, 2.24) is 10.3 Å². The van der Waals surface area contributed by atoms with Crippen LogP contribution < -0.4 is 14.8 Å². The number of carbonyl (C=O) groups excluding carboxylic acids is 1. The van der Waals surface area contributed by atoms with Gasteiger partial charge in [-0.2, -0.15) is 0 Å². The maximum atomic E-state index is 11.8. The van der Waals surface area contributed by atoms with E-state index in [-0.39, 0.29) is 12.3 Å². The molecule has 0 bridgehead atoms. The van der Waals surface area contributed by atoms with E-state index >= 15 is 0 Å². The highest BCUT2D eigenvalue weighted by Gasteiger charge is 2.07. The van der Waals surface area contributed by atoms with Crippen LogP contribution in [0.2, 0.25) is 0 Å². The Hall–Kier alpha value is -2.12. The van der Waals surface area contributed by atoms with Gasteiger partial charge in [-0.15, -0.1) is 11.3 Å². The van der Waals surface area contributed by atoms with Crippen LogP contribution in [0.1, 0.15) is 10.7 Å². The zero-order valence-electron chi connectivity index (χ0n) is 13.2. The second kappa shape index (κ2) is 9.12. The van der Waals surface area contributed by atoms with Crippen LogP contribution >= 0.6 is 11.3 Å². The van der Waals surface area contributed by atoms with Crippen molar-refractivity contribution in [3.05, 3.63) is 40.3 Å². The van der Waals surface area contributed by atoms with Crippen LogP contribution in [0.25, 0.3) is 0 Å². The lowest BCUT2D eigenvalue weighted by atomic mass is 10.3. The Kier molecular flexibility index (Phi) is 6.83. The van der Waals surface area contributed by atoms with E-state index in [1.54, 1.807) is 14.2 Å². The van der Waals surface area contributed by atoms with E-state index in [2.05, 4.69) is 10.3 Å². The average molecular weight is 336 g/mol. The minimum Gasteiger partial charge on any atom is -0.497 e. The summed E-state index contributed by atoms with van der Waals surface area (Å²) in [5.41, 5.74) is 0.760. The molecule has 7 heteroatoms. The molecule has 0 aliphatic heterocycles. The summed E-state index contributed by atoms with van der Waals surface area (Å²) in [5.74, 6) is 1.45. The third kappa shape index (κ3) is 5.88. The van der Waals surface area contributed by atoms with Crippen LogP contribution in [0.15, 0.2) is 29.6 Å². The van der Waals surface area contributed by atoms with Gasteiger partial charge in [-0.3, -0.25) is 4.79 Å². The number of nitrogens with zero attached hydrogens (tertiary/aromatic N) is 1. The van der Waals surface area contributed by atoms with Crippen molar-refractivity contribution in [3.8, 4) is 11.5 Å². The molecule has 0 radical (unpaired) electrons. The summed E-state index contributed by atoms with van der Waals surface area (Å²) in [6, 6.07) is 7.31. The Labute approximate surface area is 139 Å². The largest absolute Gasteiger partial charge is 0.497 e. The lowest BCUT2D eigenvalue weighted by Gasteiger charge is -2.08. The van der Waals surface area contributed by atoms with Crippen LogP contribution in [0.3, 0.4) is 0 Å². The fraction of sp³-hybridized carbons (Fsp3) is 0.375. The molecule has 0 unspecified atom stereocenters. The number of methoxy groups -OCH3 is 2. The molecule has 0 atom stereocenters. The second-order valence-corrected chi connectivity index (χ2v) is 5.66. The van der Waals surface area contributed by atoms with Gasteiger partial charge >= 0.3 is 0 Å². The summed E-state index contributed by atoms with van der Waals surface area (Å²) in [6.07, 6.45) is 0.267. The van der Waals surface area contributed by atoms with E-state index < -0.39 is 0 Å². The minimum absolute atomic E-state index is 0.0717. The maximum Gasteiger partial charge on any atom is 0.226 e. The van der Waals surface area contributed by atoms with Gasteiger partial charge in [0.1, 0.15) is 23.1 Å². The number of hydrogen-bond acceptors (Lipinski definition) is 6. The highest BCUT2D eigenvalue weighted by atomic mass is 32.1. The van der Waals surface area contributed by atoms with Gasteiger partial charge in [0.15, 0.2) is 0 Å². The number of amides is 1. The number of nitrogens with one attached hydrogen (secondary N) is 1. The smallest absolute Gasteiger partial charge is 0.226 e. The van der Waals surface area contributed by atoms with Crippen LogP contribution in [0.4, 0.5) is 0 Å². The first kappa shape index (κ1) is 17.2. The summed E-state index contributed by atoms with van der Waals surface area (Å²) in [6.45, 7) is 1.33. The molecular weight excluding hydrogens is 316 g/mol. The van der Waals surface area contributed by atoms with Crippen molar-refractivity contribution in [2.45, 2.75) is 13.0 Å². The third-order valence-corrected chi connectivity index (χ3v) is 3.83. The van der Waals surface area contributed by atoms with E-state index in [4.69, 9.17) is 14.2 Å². The molecule has 1 aromatic carbocycles. The first-order chi connectivity index (χ1) is 11.2. The van der Waals surface area contributed by atoms with Crippen molar-refractivity contribution in [2.24, 2.45) is 0 Å². The Morgan fingerprint density at radius 1 is 1.22 bits per heavy atom. The number of ether oxygens (including phenoxy) is 3. The van der Waals surface area contributed by atoms with Gasteiger partial charge < -0.3 is 19.5 Å². The molecule has 0 aliphatic rings. The Balaban J connectivity index is 1.65. The first-order valence-corrected chi connectivity index (χ1v) is 8.05. The molecule has 0 fully saturated rings. The highest BCUT2D eigenvalue weighted by Crippen LogP contribution is 2.16. The highest BCUT2D eigenvalue weighted by molar-refractivity contribution is 7.09. The SMILES string of the molecule is COCc1nc(CC(=O)NCCOc2ccc(OC)cc2)cs1. The van der Waals surface area contributed by atoms with E-state index in [9.17, 15) is 4.79 Å². The molecule has 1 heterocycles. The van der Waals surface area contributed by atoms with E-state index in [0.717, 1.165) is 22.2 Å².